The van der Waals surface area contributed by atoms with Gasteiger partial charge in [0.15, 0.2) is 5.76 Å². The van der Waals surface area contributed by atoms with Crippen molar-refractivity contribution in [2.24, 2.45) is 0 Å². The number of benzene rings is 1. The molecule has 33 heavy (non-hydrogen) atoms. The number of carboxylic acids is 1. The van der Waals surface area contributed by atoms with Gasteiger partial charge in [-0.15, -0.1) is 11.3 Å². The Kier molecular flexibility index (Phi) is 5.69. The van der Waals surface area contributed by atoms with Crippen molar-refractivity contribution in [2.75, 3.05) is 13.2 Å². The maximum absolute atomic E-state index is 13.0. The van der Waals surface area contributed by atoms with Gasteiger partial charge in [0, 0.05) is 29.1 Å². The van der Waals surface area contributed by atoms with Crippen LogP contribution in [-0.2, 0) is 6.54 Å². The fraction of sp³-hybridized carbons (Fsp3) is 0.261. The van der Waals surface area contributed by atoms with Crippen molar-refractivity contribution in [3.8, 4) is 10.6 Å². The molecular formula is C23H20ClN3O5S. The van der Waals surface area contributed by atoms with Gasteiger partial charge in [-0.3, -0.25) is 4.79 Å². The Morgan fingerprint density at radius 2 is 2.06 bits per heavy atom. The number of nitrogens with zero attached hydrogens (tertiary/aromatic N) is 3. The molecule has 1 aliphatic rings. The van der Waals surface area contributed by atoms with Crippen LogP contribution in [0.4, 0.5) is 0 Å². The summed E-state index contributed by atoms with van der Waals surface area (Å²) in [7, 11) is 0. The summed E-state index contributed by atoms with van der Waals surface area (Å²) in [6, 6.07) is 11.9. The Labute approximate surface area is 197 Å². The number of hydrogen-bond donors (Lipinski definition) is 2. The summed E-state index contributed by atoms with van der Waals surface area (Å²) in [4.78, 5) is 27.4. The van der Waals surface area contributed by atoms with E-state index in [4.69, 9.17) is 16.1 Å². The zero-order chi connectivity index (χ0) is 23.1. The smallest absolute Gasteiger partial charge is 0.352 e. The van der Waals surface area contributed by atoms with Crippen LogP contribution in [0.5, 0.6) is 0 Å². The van der Waals surface area contributed by atoms with Crippen LogP contribution < -0.4 is 0 Å². The van der Waals surface area contributed by atoms with Gasteiger partial charge in [0.2, 0.25) is 0 Å². The predicted molar refractivity (Wildman–Crippen MR) is 124 cm³/mol. The number of likely N-dealkylation sites (tertiary alicyclic amines) is 1. The van der Waals surface area contributed by atoms with Gasteiger partial charge in [0.25, 0.3) is 5.91 Å². The number of thiophene rings is 1. The molecule has 4 heterocycles. The fourth-order valence-corrected chi connectivity index (χ4v) is 5.31. The molecule has 0 bridgehead atoms. The standard InChI is InChI=1S/C23H20ClN3O5S/c24-21-6-5-20(33-21)19-10-15(25-32-19)11-27-17-4-3-13(8-14(17)9-18(27)23(30)31)22(29)26-7-1-2-16(26)12-28/h3-6,8-10,16,28H,1-2,7,11-12H2,(H,30,31). The highest BCUT2D eigenvalue weighted by atomic mass is 35.5. The van der Waals surface area contributed by atoms with E-state index in [1.807, 2.05) is 6.07 Å². The van der Waals surface area contributed by atoms with Gasteiger partial charge < -0.3 is 24.2 Å². The second-order valence-electron chi connectivity index (χ2n) is 7.96. The molecule has 4 aromatic rings. The lowest BCUT2D eigenvalue weighted by atomic mass is 10.1. The fourth-order valence-electron chi connectivity index (χ4n) is 4.32. The van der Waals surface area contributed by atoms with Gasteiger partial charge in [0.05, 0.1) is 28.4 Å². The first-order valence-electron chi connectivity index (χ1n) is 10.4. The van der Waals surface area contributed by atoms with E-state index in [1.165, 1.54) is 11.3 Å². The van der Waals surface area contributed by atoms with E-state index in [2.05, 4.69) is 5.16 Å². The quantitative estimate of drug-likeness (QED) is 0.420. The lowest BCUT2D eigenvalue weighted by Gasteiger charge is -2.23. The summed E-state index contributed by atoms with van der Waals surface area (Å²) in [6.45, 7) is 0.734. The molecule has 1 fully saturated rings. The second kappa shape index (κ2) is 8.66. The Bertz CT molecular complexity index is 1360. The third kappa shape index (κ3) is 4.03. The van der Waals surface area contributed by atoms with Crippen molar-refractivity contribution in [1.29, 1.82) is 0 Å². The third-order valence-corrected chi connectivity index (χ3v) is 7.16. The number of aliphatic hydroxyl groups excluding tert-OH is 1. The number of aliphatic hydroxyl groups is 1. The zero-order valence-corrected chi connectivity index (χ0v) is 19.0. The first-order chi connectivity index (χ1) is 15.9. The highest BCUT2D eigenvalue weighted by Gasteiger charge is 2.29. The summed E-state index contributed by atoms with van der Waals surface area (Å²) < 4.78 is 7.70. The second-order valence-corrected chi connectivity index (χ2v) is 9.67. The van der Waals surface area contributed by atoms with Gasteiger partial charge in [0.1, 0.15) is 11.4 Å². The number of amides is 1. The van der Waals surface area contributed by atoms with E-state index >= 15 is 0 Å². The molecule has 2 N–H and O–H groups in total. The number of fused-ring (bicyclic) bond motifs is 1. The molecule has 3 aromatic heterocycles. The summed E-state index contributed by atoms with van der Waals surface area (Å²) in [5.41, 5.74) is 1.80. The maximum Gasteiger partial charge on any atom is 0.352 e. The minimum absolute atomic E-state index is 0.0646. The van der Waals surface area contributed by atoms with Crippen molar-refractivity contribution in [1.82, 2.24) is 14.6 Å². The van der Waals surface area contributed by atoms with Crippen LogP contribution in [0.25, 0.3) is 21.5 Å². The van der Waals surface area contributed by atoms with E-state index in [1.54, 1.807) is 45.9 Å². The Balaban J connectivity index is 1.47. The molecule has 1 saturated heterocycles. The molecular weight excluding hydrogens is 466 g/mol. The number of carbonyl (C=O) groups is 2. The molecule has 8 nitrogen and oxygen atoms in total. The molecule has 170 valence electrons. The largest absolute Gasteiger partial charge is 0.477 e. The molecule has 1 aliphatic heterocycles. The summed E-state index contributed by atoms with van der Waals surface area (Å²) in [6.07, 6.45) is 1.64. The van der Waals surface area contributed by atoms with Crippen molar-refractivity contribution in [2.45, 2.75) is 25.4 Å². The predicted octanol–water partition coefficient (Wildman–Crippen LogP) is 4.35. The van der Waals surface area contributed by atoms with Crippen LogP contribution in [0.3, 0.4) is 0 Å². The number of carboxylic acid groups (broad SMARTS) is 1. The molecule has 0 aliphatic carbocycles. The Hall–Kier alpha value is -3.14. The molecule has 0 spiro atoms. The SMILES string of the molecule is O=C(O)c1cc2cc(C(=O)N3CCCC3CO)ccc2n1Cc1cc(-c2ccc(Cl)s2)on1. The van der Waals surface area contributed by atoms with Crippen LogP contribution in [0.1, 0.15) is 39.4 Å². The molecule has 1 atom stereocenters. The van der Waals surface area contributed by atoms with E-state index in [9.17, 15) is 19.8 Å². The van der Waals surface area contributed by atoms with Crippen LogP contribution in [0, 0.1) is 0 Å². The molecule has 0 saturated carbocycles. The summed E-state index contributed by atoms with van der Waals surface area (Å²) >= 11 is 7.36. The van der Waals surface area contributed by atoms with Crippen LogP contribution >= 0.6 is 22.9 Å². The van der Waals surface area contributed by atoms with Gasteiger partial charge in [-0.25, -0.2) is 4.79 Å². The lowest BCUT2D eigenvalue weighted by molar-refractivity contribution is 0.0673. The molecule has 1 unspecified atom stereocenters. The van der Waals surface area contributed by atoms with Crippen molar-refractivity contribution in [3.63, 3.8) is 0 Å². The summed E-state index contributed by atoms with van der Waals surface area (Å²) in [5, 5.41) is 24.0. The number of halogens is 1. The maximum atomic E-state index is 13.0. The average Bonchev–Trinajstić information content (AvgIpc) is 3.59. The first kappa shape index (κ1) is 21.7. The Morgan fingerprint density at radius 1 is 1.21 bits per heavy atom. The number of aromatic nitrogens is 2. The highest BCUT2D eigenvalue weighted by Crippen LogP contribution is 2.32. The number of rotatable bonds is 6. The van der Waals surface area contributed by atoms with Crippen molar-refractivity contribution < 1.29 is 24.3 Å². The number of carbonyl (C=O) groups excluding carboxylic acids is 1. The van der Waals surface area contributed by atoms with Gasteiger partial charge >= 0.3 is 5.97 Å². The number of aromatic carboxylic acids is 1. The first-order valence-corrected chi connectivity index (χ1v) is 11.6. The minimum Gasteiger partial charge on any atom is -0.477 e. The van der Waals surface area contributed by atoms with Crippen LogP contribution in [0.2, 0.25) is 4.34 Å². The summed E-state index contributed by atoms with van der Waals surface area (Å²) in [5.74, 6) is -0.672. The molecule has 5 rings (SSSR count). The molecule has 1 amide bonds. The molecule has 1 aromatic carbocycles. The molecule has 0 radical (unpaired) electrons. The van der Waals surface area contributed by atoms with Gasteiger partial charge in [-0.05, 0) is 49.2 Å². The van der Waals surface area contributed by atoms with E-state index < -0.39 is 5.97 Å². The average molecular weight is 486 g/mol. The normalized spacial score (nSPS) is 16.1. The lowest BCUT2D eigenvalue weighted by Crippen LogP contribution is -2.37. The third-order valence-electron chi connectivity index (χ3n) is 5.91. The molecule has 10 heteroatoms. The van der Waals surface area contributed by atoms with Crippen molar-refractivity contribution in [3.05, 3.63) is 63.8 Å². The monoisotopic (exact) mass is 485 g/mol. The van der Waals surface area contributed by atoms with Gasteiger partial charge in [-0.2, -0.15) is 0 Å². The van der Waals surface area contributed by atoms with Crippen LogP contribution in [0.15, 0.2) is 47.0 Å². The Morgan fingerprint density at radius 3 is 2.79 bits per heavy atom. The van der Waals surface area contributed by atoms with Crippen LogP contribution in [-0.4, -0.2) is 55.9 Å². The van der Waals surface area contributed by atoms with Crippen molar-refractivity contribution >= 4 is 45.7 Å². The minimum atomic E-state index is -1.08. The number of hydrogen-bond acceptors (Lipinski definition) is 6. The van der Waals surface area contributed by atoms with E-state index in [0.29, 0.717) is 38.8 Å². The van der Waals surface area contributed by atoms with E-state index in [-0.39, 0.29) is 30.8 Å². The zero-order valence-electron chi connectivity index (χ0n) is 17.4. The van der Waals surface area contributed by atoms with E-state index in [0.717, 1.165) is 17.7 Å². The van der Waals surface area contributed by atoms with Gasteiger partial charge in [-0.1, -0.05) is 16.8 Å². The highest BCUT2D eigenvalue weighted by molar-refractivity contribution is 7.19. The topological polar surface area (TPSA) is 109 Å².